The van der Waals surface area contributed by atoms with Gasteiger partial charge in [0, 0.05) is 0 Å². The number of rotatable bonds is 5. The Balaban J connectivity index is 2.06. The van der Waals surface area contributed by atoms with Crippen molar-refractivity contribution in [2.24, 2.45) is 5.41 Å². The molecule has 3 atom stereocenters. The van der Waals surface area contributed by atoms with Gasteiger partial charge >= 0.3 is 0 Å². The molecule has 2 heterocycles. The molecular weight excluding hydrogens is 314 g/mol. The summed E-state index contributed by atoms with van der Waals surface area (Å²) in [7, 11) is 0. The van der Waals surface area contributed by atoms with Gasteiger partial charge in [-0.3, -0.25) is 9.97 Å². The van der Waals surface area contributed by atoms with Crippen LogP contribution in [0.1, 0.15) is 71.3 Å². The summed E-state index contributed by atoms with van der Waals surface area (Å²) >= 11 is 0. The van der Waals surface area contributed by atoms with Crippen LogP contribution in [0.15, 0.2) is 18.5 Å². The maximum Gasteiger partial charge on any atom is 0.0810 e. The lowest BCUT2D eigenvalue weighted by Crippen LogP contribution is -2.45. The van der Waals surface area contributed by atoms with Gasteiger partial charge < -0.3 is 15.2 Å². The van der Waals surface area contributed by atoms with E-state index in [0.29, 0.717) is 0 Å². The summed E-state index contributed by atoms with van der Waals surface area (Å²) in [5, 5.41) is 13.3. The second kappa shape index (κ2) is 8.88. The Bertz CT molecular complexity index is 549. The Labute approximate surface area is 151 Å². The highest BCUT2D eigenvalue weighted by molar-refractivity contribution is 5.43. The summed E-state index contributed by atoms with van der Waals surface area (Å²) in [5.74, 6) is 0. The Hall–Kier alpha value is -1.30. The van der Waals surface area contributed by atoms with Gasteiger partial charge in [0.2, 0.25) is 0 Å². The van der Waals surface area contributed by atoms with Crippen molar-refractivity contribution >= 4 is 6.08 Å². The van der Waals surface area contributed by atoms with Gasteiger partial charge in [0.25, 0.3) is 0 Å². The highest BCUT2D eigenvalue weighted by atomic mass is 16.5. The lowest BCUT2D eigenvalue weighted by Gasteiger charge is -2.28. The van der Waals surface area contributed by atoms with E-state index >= 15 is 0 Å². The molecule has 1 unspecified atom stereocenters. The summed E-state index contributed by atoms with van der Waals surface area (Å²) in [5.41, 5.74) is 1.92. The number of aliphatic hydroxyl groups is 1. The number of aliphatic hydroxyl groups excluding tert-OH is 1. The lowest BCUT2D eigenvalue weighted by atomic mass is 9.96. The van der Waals surface area contributed by atoms with E-state index in [2.05, 4.69) is 42.1 Å². The van der Waals surface area contributed by atoms with E-state index in [-0.39, 0.29) is 36.3 Å². The molecule has 5 nitrogen and oxygen atoms in total. The van der Waals surface area contributed by atoms with Crippen LogP contribution in [0.2, 0.25) is 0 Å². The molecule has 1 aromatic heterocycles. The van der Waals surface area contributed by atoms with Crippen molar-refractivity contribution in [1.82, 2.24) is 15.3 Å². The van der Waals surface area contributed by atoms with Crippen molar-refractivity contribution in [1.29, 1.82) is 0 Å². The first-order valence-electron chi connectivity index (χ1n) is 9.32. The molecule has 0 amide bonds. The molecule has 0 aromatic carbocycles. The summed E-state index contributed by atoms with van der Waals surface area (Å²) in [6.45, 7) is 10.6. The van der Waals surface area contributed by atoms with Crippen LogP contribution in [-0.4, -0.2) is 39.9 Å². The molecule has 1 aliphatic rings. The molecule has 1 saturated heterocycles. The smallest absolute Gasteiger partial charge is 0.0810 e. The lowest BCUT2D eigenvalue weighted by molar-refractivity contribution is -0.0268. The third-order valence-electron chi connectivity index (χ3n) is 4.29. The minimum absolute atomic E-state index is 0.0388. The van der Waals surface area contributed by atoms with Crippen LogP contribution < -0.4 is 5.32 Å². The Kier molecular flexibility index (Phi) is 7.11. The molecule has 0 aliphatic carbocycles. The Morgan fingerprint density at radius 1 is 1.28 bits per heavy atom. The van der Waals surface area contributed by atoms with Crippen molar-refractivity contribution in [2.75, 3.05) is 6.61 Å². The first kappa shape index (κ1) is 20.0. The number of hydrogen-bond donors (Lipinski definition) is 2. The van der Waals surface area contributed by atoms with Crippen LogP contribution in [-0.2, 0) is 4.74 Å². The third-order valence-corrected chi connectivity index (χ3v) is 4.29. The quantitative estimate of drug-likeness (QED) is 0.853. The zero-order valence-electron chi connectivity index (χ0n) is 16.2. The van der Waals surface area contributed by atoms with E-state index in [1.807, 2.05) is 32.3 Å². The first-order valence-corrected chi connectivity index (χ1v) is 9.32. The van der Waals surface area contributed by atoms with Gasteiger partial charge in [0.05, 0.1) is 54.7 Å². The fourth-order valence-electron chi connectivity index (χ4n) is 3.04. The van der Waals surface area contributed by atoms with Gasteiger partial charge in [-0.25, -0.2) is 0 Å². The molecule has 140 valence electrons. The van der Waals surface area contributed by atoms with Gasteiger partial charge in [0.15, 0.2) is 0 Å². The van der Waals surface area contributed by atoms with Crippen molar-refractivity contribution in [3.8, 4) is 0 Å². The Morgan fingerprint density at radius 2 is 2.04 bits per heavy atom. The molecule has 2 N–H and O–H groups in total. The van der Waals surface area contributed by atoms with Gasteiger partial charge in [-0.05, 0) is 44.6 Å². The number of hydrogen-bond acceptors (Lipinski definition) is 5. The number of nitrogens with zero attached hydrogens (tertiary/aromatic N) is 2. The van der Waals surface area contributed by atoms with Crippen LogP contribution in [0.5, 0.6) is 0 Å². The zero-order valence-corrected chi connectivity index (χ0v) is 16.2. The fourth-order valence-corrected chi connectivity index (χ4v) is 3.04. The predicted molar refractivity (Wildman–Crippen MR) is 101 cm³/mol. The highest BCUT2D eigenvalue weighted by Gasteiger charge is 2.29. The summed E-state index contributed by atoms with van der Waals surface area (Å²) < 4.78 is 5.97. The second-order valence-electron chi connectivity index (χ2n) is 8.23. The molecule has 0 spiro atoms. The third kappa shape index (κ3) is 6.49. The van der Waals surface area contributed by atoms with Crippen molar-refractivity contribution in [3.63, 3.8) is 0 Å². The summed E-state index contributed by atoms with van der Waals surface area (Å²) in [6, 6.07) is 0.0308. The van der Waals surface area contributed by atoms with Crippen LogP contribution in [0.3, 0.4) is 0 Å². The van der Waals surface area contributed by atoms with E-state index < -0.39 is 0 Å². The molecule has 1 fully saturated rings. The van der Waals surface area contributed by atoms with Crippen LogP contribution in [0.4, 0.5) is 0 Å². The van der Waals surface area contributed by atoms with Crippen molar-refractivity contribution < 1.29 is 9.84 Å². The van der Waals surface area contributed by atoms with Gasteiger partial charge in [-0.1, -0.05) is 26.8 Å². The average Bonchev–Trinajstić information content (AvgIpc) is 2.74. The maximum atomic E-state index is 9.77. The van der Waals surface area contributed by atoms with E-state index in [4.69, 9.17) is 4.74 Å². The minimum Gasteiger partial charge on any atom is -0.395 e. The van der Waals surface area contributed by atoms with Gasteiger partial charge in [-0.2, -0.15) is 0 Å². The van der Waals surface area contributed by atoms with E-state index in [0.717, 1.165) is 30.7 Å². The summed E-state index contributed by atoms with van der Waals surface area (Å²) in [6.07, 6.45) is 11.0. The monoisotopic (exact) mass is 347 g/mol. The largest absolute Gasteiger partial charge is 0.395 e. The van der Waals surface area contributed by atoms with Crippen molar-refractivity contribution in [2.45, 2.75) is 78.2 Å². The normalized spacial score (nSPS) is 25.5. The second-order valence-corrected chi connectivity index (χ2v) is 8.23. The number of nitrogens with one attached hydrogen (secondary N) is 1. The molecule has 25 heavy (non-hydrogen) atoms. The van der Waals surface area contributed by atoms with Crippen molar-refractivity contribution in [3.05, 3.63) is 29.9 Å². The molecule has 2 rings (SSSR count). The number of ether oxygens (including phenoxy) is 1. The molecule has 0 radical (unpaired) electrons. The number of allylic oxidation sites excluding steroid dienone is 1. The number of aromatic nitrogens is 2. The average molecular weight is 348 g/mol. The zero-order chi connectivity index (χ0) is 18.4. The summed E-state index contributed by atoms with van der Waals surface area (Å²) in [4.78, 5) is 9.12. The molecule has 1 aliphatic heterocycles. The van der Waals surface area contributed by atoms with Crippen LogP contribution in [0.25, 0.3) is 6.08 Å². The minimum atomic E-state index is -0.0721. The van der Waals surface area contributed by atoms with E-state index in [1.165, 1.54) is 0 Å². The fraction of sp³-hybridized carbons (Fsp3) is 0.700. The predicted octanol–water partition coefficient (Wildman–Crippen LogP) is 3.51. The standard InChI is InChI=1S/C20H33N3O2/c1-14(2)25-19-8-6-7-16(23-18(19)13-24)17-12-21-15(11-22-17)9-10-20(3,4)5/h9-12,14,16,18-19,23-24H,6-8,13H2,1-5H3/t16?,18-,19+/m0/s1. The van der Waals surface area contributed by atoms with Gasteiger partial charge in [0.1, 0.15) is 0 Å². The van der Waals surface area contributed by atoms with E-state index in [1.54, 1.807) is 0 Å². The molecular formula is C20H33N3O2. The molecule has 1 aromatic rings. The molecule has 0 bridgehead atoms. The first-order chi connectivity index (χ1) is 11.8. The highest BCUT2D eigenvalue weighted by Crippen LogP contribution is 2.26. The molecule has 5 heteroatoms. The van der Waals surface area contributed by atoms with E-state index in [9.17, 15) is 5.11 Å². The van der Waals surface area contributed by atoms with Crippen LogP contribution >= 0.6 is 0 Å². The topological polar surface area (TPSA) is 67.3 Å². The Morgan fingerprint density at radius 3 is 2.60 bits per heavy atom. The maximum absolute atomic E-state index is 9.77. The SMILES string of the molecule is CC(C)O[C@@H]1CCCC(c2cnc(C=CC(C)(C)C)cn2)N[C@H]1CO. The van der Waals surface area contributed by atoms with Gasteiger partial charge in [-0.15, -0.1) is 0 Å². The molecule has 0 saturated carbocycles. The van der Waals surface area contributed by atoms with Crippen LogP contribution in [0, 0.1) is 5.41 Å².